The zero-order valence-corrected chi connectivity index (χ0v) is 9.62. The minimum absolute atomic E-state index is 0.317. The fourth-order valence-corrected chi connectivity index (χ4v) is 1.54. The number of halogens is 1. The highest BCUT2D eigenvalue weighted by atomic mass is 35.5. The van der Waals surface area contributed by atoms with Crippen molar-refractivity contribution in [3.8, 4) is 11.5 Å². The van der Waals surface area contributed by atoms with E-state index in [4.69, 9.17) is 26.2 Å². The van der Waals surface area contributed by atoms with Crippen LogP contribution in [0, 0.1) is 0 Å². The van der Waals surface area contributed by atoms with Gasteiger partial charge in [-0.05, 0) is 18.2 Å². The second-order valence-corrected chi connectivity index (χ2v) is 3.25. The first-order valence-corrected chi connectivity index (χ1v) is 4.79. The van der Waals surface area contributed by atoms with E-state index in [1.165, 1.54) is 20.3 Å². The predicted octanol–water partition coefficient (Wildman–Crippen LogP) is 2.46. The third kappa shape index (κ3) is 2.67. The van der Waals surface area contributed by atoms with Gasteiger partial charge in [0.25, 0.3) is 0 Å². The Kier molecular flexibility index (Phi) is 4.19. The van der Waals surface area contributed by atoms with Crippen molar-refractivity contribution in [2.24, 2.45) is 0 Å². The van der Waals surface area contributed by atoms with Gasteiger partial charge in [-0.1, -0.05) is 11.6 Å². The molecule has 5 heteroatoms. The predicted molar refractivity (Wildman–Crippen MR) is 61.2 cm³/mol. The minimum atomic E-state index is -1.03. The molecule has 0 bridgehead atoms. The number of rotatable bonds is 4. The van der Waals surface area contributed by atoms with Crippen LogP contribution < -0.4 is 9.47 Å². The second kappa shape index (κ2) is 5.42. The molecule has 0 fully saturated rings. The van der Waals surface area contributed by atoms with E-state index in [0.29, 0.717) is 22.1 Å². The van der Waals surface area contributed by atoms with E-state index < -0.39 is 5.97 Å². The van der Waals surface area contributed by atoms with Crippen molar-refractivity contribution in [3.63, 3.8) is 0 Å². The molecular weight excluding hydrogens is 232 g/mol. The molecule has 1 aromatic rings. The van der Waals surface area contributed by atoms with Crippen LogP contribution in [0.4, 0.5) is 0 Å². The average molecular weight is 243 g/mol. The largest absolute Gasteiger partial charge is 0.495 e. The summed E-state index contributed by atoms with van der Waals surface area (Å²) in [6.45, 7) is 0. The van der Waals surface area contributed by atoms with Crippen LogP contribution in [0.15, 0.2) is 18.2 Å². The normalized spacial score (nSPS) is 10.4. The van der Waals surface area contributed by atoms with Crippen LogP contribution >= 0.6 is 11.6 Å². The lowest BCUT2D eigenvalue weighted by molar-refractivity contribution is -0.131. The molecule has 4 nitrogen and oxygen atoms in total. The molecule has 86 valence electrons. The quantitative estimate of drug-likeness (QED) is 0.824. The van der Waals surface area contributed by atoms with E-state index in [1.807, 2.05) is 0 Å². The summed E-state index contributed by atoms with van der Waals surface area (Å²) < 4.78 is 10.1. The number of benzene rings is 1. The van der Waals surface area contributed by atoms with E-state index in [1.54, 1.807) is 12.1 Å². The van der Waals surface area contributed by atoms with Gasteiger partial charge in [0, 0.05) is 11.6 Å². The Hall–Kier alpha value is -1.68. The summed E-state index contributed by atoms with van der Waals surface area (Å²) in [4.78, 5) is 10.4. The first-order valence-electron chi connectivity index (χ1n) is 4.41. The lowest BCUT2D eigenvalue weighted by Gasteiger charge is -2.10. The maximum Gasteiger partial charge on any atom is 0.328 e. The van der Waals surface area contributed by atoms with E-state index in [-0.39, 0.29) is 0 Å². The Balaban J connectivity index is 3.20. The third-order valence-electron chi connectivity index (χ3n) is 1.92. The van der Waals surface area contributed by atoms with Crippen molar-refractivity contribution in [1.82, 2.24) is 0 Å². The zero-order chi connectivity index (χ0) is 12.1. The van der Waals surface area contributed by atoms with Gasteiger partial charge < -0.3 is 14.6 Å². The number of hydrogen-bond donors (Lipinski definition) is 1. The molecule has 1 aromatic carbocycles. The van der Waals surface area contributed by atoms with Crippen LogP contribution in [-0.4, -0.2) is 25.3 Å². The zero-order valence-electron chi connectivity index (χ0n) is 8.86. The van der Waals surface area contributed by atoms with Crippen LogP contribution in [0.3, 0.4) is 0 Å². The fraction of sp³-hybridized carbons (Fsp3) is 0.182. The van der Waals surface area contributed by atoms with Gasteiger partial charge in [-0.2, -0.15) is 0 Å². The number of carboxylic acid groups (broad SMARTS) is 1. The number of aliphatic carboxylic acids is 1. The van der Waals surface area contributed by atoms with Crippen molar-refractivity contribution in [2.45, 2.75) is 0 Å². The Morgan fingerprint density at radius 3 is 2.56 bits per heavy atom. The van der Waals surface area contributed by atoms with Gasteiger partial charge >= 0.3 is 5.97 Å². The first-order chi connectivity index (χ1) is 7.60. The molecule has 0 aliphatic carbocycles. The lowest BCUT2D eigenvalue weighted by atomic mass is 10.1. The molecule has 16 heavy (non-hydrogen) atoms. The SMILES string of the molecule is COc1ccc(C=CC(=O)O)c(OC)c1Cl. The van der Waals surface area contributed by atoms with E-state index >= 15 is 0 Å². The van der Waals surface area contributed by atoms with Crippen LogP contribution in [0.25, 0.3) is 6.08 Å². The topological polar surface area (TPSA) is 55.8 Å². The van der Waals surface area contributed by atoms with Crippen LogP contribution in [-0.2, 0) is 4.79 Å². The molecule has 0 aromatic heterocycles. The van der Waals surface area contributed by atoms with Crippen LogP contribution in [0.1, 0.15) is 5.56 Å². The number of methoxy groups -OCH3 is 2. The molecule has 0 amide bonds. The summed E-state index contributed by atoms with van der Waals surface area (Å²) in [7, 11) is 2.95. The number of ether oxygens (including phenoxy) is 2. The summed E-state index contributed by atoms with van der Waals surface area (Å²) in [6.07, 6.45) is 2.42. The molecule has 0 saturated carbocycles. The Morgan fingerprint density at radius 1 is 1.38 bits per heavy atom. The summed E-state index contributed by atoms with van der Waals surface area (Å²) in [5.74, 6) is -0.168. The highest BCUT2D eigenvalue weighted by Gasteiger charge is 2.11. The molecular formula is C11H11ClO4. The minimum Gasteiger partial charge on any atom is -0.495 e. The molecule has 0 heterocycles. The highest BCUT2D eigenvalue weighted by Crippen LogP contribution is 2.37. The molecule has 0 radical (unpaired) electrons. The van der Waals surface area contributed by atoms with Gasteiger partial charge in [-0.15, -0.1) is 0 Å². The summed E-state index contributed by atoms with van der Waals surface area (Å²) in [5.41, 5.74) is 0.579. The Morgan fingerprint density at radius 2 is 2.06 bits per heavy atom. The first kappa shape index (κ1) is 12.4. The van der Waals surface area contributed by atoms with Gasteiger partial charge in [-0.3, -0.25) is 0 Å². The third-order valence-corrected chi connectivity index (χ3v) is 2.28. The lowest BCUT2D eigenvalue weighted by Crippen LogP contribution is -1.93. The van der Waals surface area contributed by atoms with Gasteiger partial charge in [0.05, 0.1) is 14.2 Å². The molecule has 1 N–H and O–H groups in total. The molecule has 1 rings (SSSR count). The fourth-order valence-electron chi connectivity index (χ4n) is 1.21. The number of hydrogen-bond acceptors (Lipinski definition) is 3. The highest BCUT2D eigenvalue weighted by molar-refractivity contribution is 6.33. The van der Waals surface area contributed by atoms with Crippen molar-refractivity contribution >= 4 is 23.6 Å². The van der Waals surface area contributed by atoms with E-state index in [0.717, 1.165) is 6.08 Å². The molecule has 0 aliphatic rings. The maximum atomic E-state index is 10.4. The summed E-state index contributed by atoms with van der Waals surface area (Å²) in [6, 6.07) is 3.31. The summed E-state index contributed by atoms with van der Waals surface area (Å²) >= 11 is 6.00. The van der Waals surface area contributed by atoms with Crippen molar-refractivity contribution in [3.05, 3.63) is 28.8 Å². The number of carboxylic acids is 1. The second-order valence-electron chi connectivity index (χ2n) is 2.88. The molecule has 0 aliphatic heterocycles. The molecule has 0 unspecified atom stereocenters. The van der Waals surface area contributed by atoms with Crippen molar-refractivity contribution < 1.29 is 19.4 Å². The Bertz CT molecular complexity index is 426. The van der Waals surface area contributed by atoms with Crippen molar-refractivity contribution in [2.75, 3.05) is 14.2 Å². The molecule has 0 atom stereocenters. The van der Waals surface area contributed by atoms with Crippen LogP contribution in [0.2, 0.25) is 5.02 Å². The smallest absolute Gasteiger partial charge is 0.328 e. The standard InChI is InChI=1S/C11H11ClO4/c1-15-8-5-3-7(4-6-9(13)14)11(16-2)10(8)12/h3-6H,1-2H3,(H,13,14). The molecule has 0 saturated heterocycles. The van der Waals surface area contributed by atoms with Gasteiger partial charge in [-0.25, -0.2) is 4.79 Å². The maximum absolute atomic E-state index is 10.4. The van der Waals surface area contributed by atoms with Gasteiger partial charge in [0.15, 0.2) is 0 Å². The monoisotopic (exact) mass is 242 g/mol. The van der Waals surface area contributed by atoms with Gasteiger partial charge in [0.2, 0.25) is 0 Å². The average Bonchev–Trinajstić information content (AvgIpc) is 2.26. The number of carbonyl (C=O) groups is 1. The van der Waals surface area contributed by atoms with Gasteiger partial charge in [0.1, 0.15) is 16.5 Å². The van der Waals surface area contributed by atoms with Crippen LogP contribution in [0.5, 0.6) is 11.5 Å². The Labute approximate surface area is 98.1 Å². The molecule has 0 spiro atoms. The summed E-state index contributed by atoms with van der Waals surface area (Å²) in [5, 5.41) is 8.84. The van der Waals surface area contributed by atoms with E-state index in [9.17, 15) is 4.79 Å². The van der Waals surface area contributed by atoms with Crippen molar-refractivity contribution in [1.29, 1.82) is 0 Å². The van der Waals surface area contributed by atoms with E-state index in [2.05, 4.69) is 0 Å².